The van der Waals surface area contributed by atoms with Crippen molar-refractivity contribution in [3.05, 3.63) is 0 Å². The van der Waals surface area contributed by atoms with E-state index in [1.54, 1.807) is 0 Å². The number of carbonyl (C=O) groups excluding carboxylic acids is 1. The topological polar surface area (TPSA) is 77.0 Å². The number of ether oxygens (including phenoxy) is 1. The number of esters is 1. The molecule has 0 aliphatic rings. The first kappa shape index (κ1) is 50.3. The summed E-state index contributed by atoms with van der Waals surface area (Å²) in [5.74, 6) is 0.245. The van der Waals surface area contributed by atoms with Crippen molar-refractivity contribution in [1.82, 2.24) is 5.32 Å². The van der Waals surface area contributed by atoms with Gasteiger partial charge in [0.1, 0.15) is 6.10 Å². The molecule has 6 nitrogen and oxygen atoms in total. The monoisotopic (exact) mass is 726 g/mol. The van der Waals surface area contributed by atoms with Crippen LogP contribution in [0.1, 0.15) is 252 Å². The van der Waals surface area contributed by atoms with Crippen molar-refractivity contribution in [3.8, 4) is 0 Å². The molecule has 0 saturated heterocycles. The van der Waals surface area contributed by atoms with Gasteiger partial charge in [0.15, 0.2) is 0 Å². The van der Waals surface area contributed by atoms with Gasteiger partial charge in [0.25, 0.3) is 0 Å². The van der Waals surface area contributed by atoms with Crippen molar-refractivity contribution >= 4 is 5.97 Å². The largest absolute Gasteiger partial charge is 0.462 e. The van der Waals surface area contributed by atoms with Crippen LogP contribution in [0.3, 0.4) is 0 Å². The first-order chi connectivity index (χ1) is 25.2. The molecule has 0 spiro atoms. The lowest BCUT2D eigenvalue weighted by atomic mass is 9.94. The van der Waals surface area contributed by atoms with Gasteiger partial charge in [-0.1, -0.05) is 199 Å². The lowest BCUT2D eigenvalue weighted by molar-refractivity contribution is -0.490. The Morgan fingerprint density at radius 3 is 1.20 bits per heavy atom. The van der Waals surface area contributed by atoms with Crippen LogP contribution in [0.5, 0.6) is 0 Å². The van der Waals surface area contributed by atoms with Gasteiger partial charge in [-0.15, -0.1) is 0 Å². The third kappa shape index (κ3) is 38.8. The smallest absolute Gasteiger partial charge is 0.309 e. The summed E-state index contributed by atoms with van der Waals surface area (Å²) in [5.41, 5.74) is 0. The maximum Gasteiger partial charge on any atom is 0.309 e. The van der Waals surface area contributed by atoms with Crippen LogP contribution in [0, 0.1) is 5.92 Å². The molecule has 2 N–H and O–H groups in total. The molecule has 0 heterocycles. The third-order valence-electron chi connectivity index (χ3n) is 10.8. The van der Waals surface area contributed by atoms with Crippen molar-refractivity contribution in [3.63, 3.8) is 0 Å². The molecule has 2 atom stereocenters. The number of rotatable bonds is 44. The Kier molecular flexibility index (Phi) is 43.1. The van der Waals surface area contributed by atoms with Crippen molar-refractivity contribution < 1.29 is 24.7 Å². The lowest BCUT2D eigenvalue weighted by Crippen LogP contribution is -2.25. The van der Waals surface area contributed by atoms with Gasteiger partial charge in [-0.05, 0) is 70.9 Å². The van der Waals surface area contributed by atoms with Gasteiger partial charge in [-0.2, -0.15) is 0 Å². The van der Waals surface area contributed by atoms with Gasteiger partial charge in [-0.3, -0.25) is 4.79 Å². The molecule has 0 aliphatic carbocycles. The SMILES string of the molecule is CCCCCCCCCCC(CCCCCCCCCCCNCCCCCCCOOO)OC(=O)C(CCCCCC)CCCCCCCC. The Hall–Kier alpha value is -0.690. The molecule has 0 saturated carbocycles. The summed E-state index contributed by atoms with van der Waals surface area (Å²) in [6.45, 7) is 9.56. The van der Waals surface area contributed by atoms with Gasteiger partial charge < -0.3 is 10.1 Å². The van der Waals surface area contributed by atoms with E-state index in [0.29, 0.717) is 6.61 Å². The summed E-state index contributed by atoms with van der Waals surface area (Å²) in [5, 5.41) is 15.3. The van der Waals surface area contributed by atoms with Crippen LogP contribution in [-0.2, 0) is 19.5 Å². The standard InChI is InChI=1S/C45H91NO5/c1-4-7-10-13-15-19-24-31-38-44(50-45(47)43(36-29-12-9-6-3)37-30-23-14-11-8-5-2)39-32-25-20-17-16-18-21-26-33-40-46-41-34-27-22-28-35-42-49-51-48/h43-44,46,48H,4-42H2,1-3H3. The maximum absolute atomic E-state index is 13.6. The van der Waals surface area contributed by atoms with Crippen molar-refractivity contribution in [2.24, 2.45) is 5.92 Å². The minimum absolute atomic E-state index is 0.112. The number of hydrogen-bond acceptors (Lipinski definition) is 6. The Morgan fingerprint density at radius 2 is 0.784 bits per heavy atom. The summed E-state index contributed by atoms with van der Waals surface area (Å²) >= 11 is 0. The Morgan fingerprint density at radius 1 is 0.451 bits per heavy atom. The first-order valence-electron chi connectivity index (χ1n) is 23.0. The normalized spacial score (nSPS) is 12.8. The molecule has 0 rings (SSSR count). The molecular formula is C45H91NO5. The van der Waals surface area contributed by atoms with E-state index in [1.165, 1.54) is 193 Å². The molecule has 306 valence electrons. The van der Waals surface area contributed by atoms with E-state index in [4.69, 9.17) is 9.99 Å². The summed E-state index contributed by atoms with van der Waals surface area (Å²) < 4.78 is 6.41. The Labute approximate surface area is 319 Å². The predicted octanol–water partition coefficient (Wildman–Crippen LogP) is 14.6. The van der Waals surface area contributed by atoms with Gasteiger partial charge in [0.05, 0.1) is 12.5 Å². The zero-order chi connectivity index (χ0) is 37.1. The van der Waals surface area contributed by atoms with Gasteiger partial charge >= 0.3 is 5.97 Å². The molecule has 0 aromatic rings. The average molecular weight is 726 g/mol. The van der Waals surface area contributed by atoms with E-state index in [9.17, 15) is 4.79 Å². The highest BCUT2D eigenvalue weighted by atomic mass is 17.5. The minimum atomic E-state index is 0.112. The molecule has 0 radical (unpaired) electrons. The second-order valence-corrected chi connectivity index (χ2v) is 15.8. The van der Waals surface area contributed by atoms with E-state index in [0.717, 1.165) is 51.6 Å². The first-order valence-corrected chi connectivity index (χ1v) is 23.0. The van der Waals surface area contributed by atoms with E-state index in [2.05, 4.69) is 36.0 Å². The van der Waals surface area contributed by atoms with Gasteiger partial charge in [0.2, 0.25) is 0 Å². The number of nitrogens with one attached hydrogen (secondary N) is 1. The molecule has 0 aliphatic heterocycles. The molecule has 0 aromatic carbocycles. The third-order valence-corrected chi connectivity index (χ3v) is 10.8. The highest BCUT2D eigenvalue weighted by Gasteiger charge is 2.23. The summed E-state index contributed by atoms with van der Waals surface area (Å²) in [6, 6.07) is 0. The van der Waals surface area contributed by atoms with Crippen LogP contribution in [0.15, 0.2) is 0 Å². The molecule has 6 heteroatoms. The molecule has 51 heavy (non-hydrogen) atoms. The molecular weight excluding hydrogens is 634 g/mol. The lowest BCUT2D eigenvalue weighted by Gasteiger charge is -2.22. The van der Waals surface area contributed by atoms with Crippen molar-refractivity contribution in [2.75, 3.05) is 19.7 Å². The highest BCUT2D eigenvalue weighted by Crippen LogP contribution is 2.24. The number of carbonyl (C=O) groups is 1. The van der Waals surface area contributed by atoms with E-state index < -0.39 is 0 Å². The second kappa shape index (κ2) is 43.7. The van der Waals surface area contributed by atoms with Crippen molar-refractivity contribution in [1.29, 1.82) is 0 Å². The minimum Gasteiger partial charge on any atom is -0.462 e. The quantitative estimate of drug-likeness (QED) is 0.0282. The van der Waals surface area contributed by atoms with Gasteiger partial charge in [0, 0.05) is 0 Å². The summed E-state index contributed by atoms with van der Waals surface area (Å²) in [4.78, 5) is 18.1. The van der Waals surface area contributed by atoms with Crippen LogP contribution < -0.4 is 5.32 Å². The van der Waals surface area contributed by atoms with E-state index in [1.807, 2.05) is 0 Å². The van der Waals surface area contributed by atoms with E-state index >= 15 is 0 Å². The molecule has 2 unspecified atom stereocenters. The Balaban J connectivity index is 4.33. The molecule has 0 amide bonds. The van der Waals surface area contributed by atoms with Crippen LogP contribution in [0.25, 0.3) is 0 Å². The van der Waals surface area contributed by atoms with E-state index in [-0.39, 0.29) is 18.0 Å². The molecule has 0 bridgehead atoms. The number of hydrogen-bond donors (Lipinski definition) is 2. The zero-order valence-corrected chi connectivity index (χ0v) is 34.8. The zero-order valence-electron chi connectivity index (χ0n) is 34.8. The van der Waals surface area contributed by atoms with Gasteiger partial charge in [-0.25, -0.2) is 10.1 Å². The maximum atomic E-state index is 13.6. The fraction of sp³-hybridized carbons (Fsp3) is 0.978. The summed E-state index contributed by atoms with van der Waals surface area (Å²) in [7, 11) is 0. The van der Waals surface area contributed by atoms with Crippen LogP contribution in [-0.4, -0.2) is 37.0 Å². The second-order valence-electron chi connectivity index (χ2n) is 15.8. The molecule has 0 aromatic heterocycles. The highest BCUT2D eigenvalue weighted by molar-refractivity contribution is 5.72. The Bertz CT molecular complexity index is 663. The van der Waals surface area contributed by atoms with Crippen LogP contribution in [0.4, 0.5) is 0 Å². The van der Waals surface area contributed by atoms with Crippen LogP contribution in [0.2, 0.25) is 0 Å². The fourth-order valence-electron chi connectivity index (χ4n) is 7.36. The summed E-state index contributed by atoms with van der Waals surface area (Å²) in [6.07, 6.45) is 45.2. The molecule has 0 fully saturated rings. The average Bonchev–Trinajstić information content (AvgIpc) is 3.13. The number of unbranched alkanes of at least 4 members (excludes halogenated alkanes) is 27. The predicted molar refractivity (Wildman–Crippen MR) is 219 cm³/mol. The van der Waals surface area contributed by atoms with Crippen molar-refractivity contribution in [2.45, 2.75) is 258 Å². The van der Waals surface area contributed by atoms with Crippen LogP contribution >= 0.6 is 0 Å². The fourth-order valence-corrected chi connectivity index (χ4v) is 7.36.